The van der Waals surface area contributed by atoms with Crippen molar-refractivity contribution in [2.75, 3.05) is 6.61 Å². The molecule has 1 N–H and O–H groups in total. The van der Waals surface area contributed by atoms with Gasteiger partial charge >= 0.3 is 0 Å². The molecule has 2 saturated heterocycles. The summed E-state index contributed by atoms with van der Waals surface area (Å²) in [6.45, 7) is 6.82. The minimum atomic E-state index is -1.34. The van der Waals surface area contributed by atoms with Crippen molar-refractivity contribution in [3.8, 4) is 0 Å². The van der Waals surface area contributed by atoms with Crippen LogP contribution in [0.15, 0.2) is 0 Å². The molecule has 2 aliphatic heterocycles. The Morgan fingerprint density at radius 3 is 2.56 bits per heavy atom. The molecule has 106 valence electrons. The standard InChI is InChI=1S/C12H21FO5/c1-11(2,14)18-9-5-7(13)10(16-9)8-6-15-12(3,4)17-8/h7-10,14H,5-6H2,1-4H3/t7-,8-,9-,10+/m1/s1. The number of alkyl halides is 1. The predicted octanol–water partition coefficient (Wildman–Crippen LogP) is 1.34. The van der Waals surface area contributed by atoms with Crippen molar-refractivity contribution >= 4 is 0 Å². The van der Waals surface area contributed by atoms with Crippen LogP contribution in [0.5, 0.6) is 0 Å². The van der Waals surface area contributed by atoms with Crippen LogP contribution in [0, 0.1) is 0 Å². The second-order valence-corrected chi connectivity index (χ2v) is 5.71. The Kier molecular flexibility index (Phi) is 3.68. The Labute approximate surface area is 106 Å². The molecule has 0 aromatic rings. The van der Waals surface area contributed by atoms with Crippen LogP contribution in [0.1, 0.15) is 34.1 Å². The number of halogens is 1. The van der Waals surface area contributed by atoms with Gasteiger partial charge in [-0.2, -0.15) is 0 Å². The zero-order valence-corrected chi connectivity index (χ0v) is 11.2. The summed E-state index contributed by atoms with van der Waals surface area (Å²) in [5.74, 6) is -2.05. The van der Waals surface area contributed by atoms with Crippen molar-refractivity contribution in [3.05, 3.63) is 0 Å². The molecule has 0 spiro atoms. The molecule has 2 rings (SSSR count). The lowest BCUT2D eigenvalue weighted by Crippen LogP contribution is -2.36. The van der Waals surface area contributed by atoms with Crippen LogP contribution >= 0.6 is 0 Å². The van der Waals surface area contributed by atoms with Crippen LogP contribution in [0.25, 0.3) is 0 Å². The molecule has 5 nitrogen and oxygen atoms in total. The van der Waals surface area contributed by atoms with Gasteiger partial charge in [-0.25, -0.2) is 4.39 Å². The van der Waals surface area contributed by atoms with E-state index in [4.69, 9.17) is 18.9 Å². The Bertz CT molecular complexity index is 301. The summed E-state index contributed by atoms with van der Waals surface area (Å²) in [6, 6.07) is 0. The predicted molar refractivity (Wildman–Crippen MR) is 60.5 cm³/mol. The summed E-state index contributed by atoms with van der Waals surface area (Å²) in [7, 11) is 0. The Morgan fingerprint density at radius 2 is 2.06 bits per heavy atom. The molecular formula is C12H21FO5. The lowest BCUT2D eigenvalue weighted by atomic mass is 10.1. The van der Waals surface area contributed by atoms with E-state index in [-0.39, 0.29) is 6.42 Å². The summed E-state index contributed by atoms with van der Waals surface area (Å²) < 4.78 is 35.5. The van der Waals surface area contributed by atoms with Gasteiger partial charge in [0.05, 0.1) is 6.61 Å². The monoisotopic (exact) mass is 264 g/mol. The molecule has 0 bridgehead atoms. The van der Waals surface area contributed by atoms with Crippen molar-refractivity contribution < 1.29 is 28.4 Å². The molecule has 2 fully saturated rings. The van der Waals surface area contributed by atoms with Gasteiger partial charge in [0.2, 0.25) is 0 Å². The van der Waals surface area contributed by atoms with E-state index in [1.54, 1.807) is 13.8 Å². The minimum absolute atomic E-state index is 0.0922. The molecule has 4 atom stereocenters. The smallest absolute Gasteiger partial charge is 0.164 e. The molecular weight excluding hydrogens is 243 g/mol. The van der Waals surface area contributed by atoms with Crippen LogP contribution in [0.4, 0.5) is 4.39 Å². The molecule has 18 heavy (non-hydrogen) atoms. The quantitative estimate of drug-likeness (QED) is 0.779. The van der Waals surface area contributed by atoms with Gasteiger partial charge in [0.25, 0.3) is 0 Å². The molecule has 0 amide bonds. The van der Waals surface area contributed by atoms with Crippen LogP contribution in [-0.2, 0) is 18.9 Å². The third-order valence-electron chi connectivity index (χ3n) is 2.90. The first-order valence-electron chi connectivity index (χ1n) is 6.18. The molecule has 0 radical (unpaired) electrons. The Balaban J connectivity index is 1.92. The largest absolute Gasteiger partial charge is 0.366 e. The highest BCUT2D eigenvalue weighted by atomic mass is 19.1. The zero-order chi connectivity index (χ0) is 13.6. The fourth-order valence-electron chi connectivity index (χ4n) is 2.23. The van der Waals surface area contributed by atoms with Crippen molar-refractivity contribution in [1.29, 1.82) is 0 Å². The van der Waals surface area contributed by atoms with Crippen LogP contribution in [0.3, 0.4) is 0 Å². The van der Waals surface area contributed by atoms with E-state index in [9.17, 15) is 9.50 Å². The second-order valence-electron chi connectivity index (χ2n) is 5.71. The number of aliphatic hydroxyl groups is 1. The van der Waals surface area contributed by atoms with Gasteiger partial charge < -0.3 is 24.1 Å². The molecule has 2 heterocycles. The van der Waals surface area contributed by atoms with E-state index in [2.05, 4.69) is 0 Å². The summed E-state index contributed by atoms with van der Waals surface area (Å²) in [4.78, 5) is 0. The van der Waals surface area contributed by atoms with E-state index in [0.717, 1.165) is 0 Å². The second kappa shape index (κ2) is 4.68. The first-order chi connectivity index (χ1) is 8.16. The van der Waals surface area contributed by atoms with Gasteiger partial charge in [-0.05, 0) is 27.7 Å². The van der Waals surface area contributed by atoms with E-state index in [1.165, 1.54) is 13.8 Å². The molecule has 0 unspecified atom stereocenters. The molecule has 0 aromatic carbocycles. The third kappa shape index (κ3) is 3.39. The Hall–Kier alpha value is -0.270. The fourth-order valence-corrected chi connectivity index (χ4v) is 2.23. The van der Waals surface area contributed by atoms with Gasteiger partial charge in [-0.15, -0.1) is 0 Å². The maximum absolute atomic E-state index is 13.9. The van der Waals surface area contributed by atoms with E-state index >= 15 is 0 Å². The van der Waals surface area contributed by atoms with Crippen molar-refractivity contribution in [2.45, 2.75) is 70.4 Å². The van der Waals surface area contributed by atoms with Gasteiger partial charge in [-0.1, -0.05) is 0 Å². The number of hydrogen-bond acceptors (Lipinski definition) is 5. The average Bonchev–Trinajstić information content (AvgIpc) is 2.67. The summed E-state index contributed by atoms with van der Waals surface area (Å²) in [5.41, 5.74) is 0. The van der Waals surface area contributed by atoms with Gasteiger partial charge in [0, 0.05) is 6.42 Å². The van der Waals surface area contributed by atoms with Crippen LogP contribution in [-0.4, -0.2) is 48.0 Å². The van der Waals surface area contributed by atoms with Gasteiger partial charge in [0.1, 0.15) is 18.4 Å². The maximum Gasteiger partial charge on any atom is 0.164 e. The van der Waals surface area contributed by atoms with Crippen molar-refractivity contribution in [1.82, 2.24) is 0 Å². The molecule has 0 saturated carbocycles. The normalized spacial score (nSPS) is 40.3. The average molecular weight is 264 g/mol. The van der Waals surface area contributed by atoms with E-state index in [1.807, 2.05) is 0 Å². The number of rotatable bonds is 3. The highest BCUT2D eigenvalue weighted by Crippen LogP contribution is 2.34. The highest BCUT2D eigenvalue weighted by molar-refractivity contribution is 4.89. The topological polar surface area (TPSA) is 57.2 Å². The van der Waals surface area contributed by atoms with Gasteiger partial charge in [0.15, 0.2) is 17.9 Å². The fraction of sp³-hybridized carbons (Fsp3) is 1.00. The van der Waals surface area contributed by atoms with Crippen LogP contribution < -0.4 is 0 Å². The van der Waals surface area contributed by atoms with E-state index < -0.39 is 36.2 Å². The lowest BCUT2D eigenvalue weighted by molar-refractivity contribution is -0.275. The minimum Gasteiger partial charge on any atom is -0.366 e. The lowest BCUT2D eigenvalue weighted by Gasteiger charge is -2.24. The summed E-state index contributed by atoms with van der Waals surface area (Å²) >= 11 is 0. The van der Waals surface area contributed by atoms with Crippen molar-refractivity contribution in [2.24, 2.45) is 0 Å². The Morgan fingerprint density at radius 1 is 1.39 bits per heavy atom. The third-order valence-corrected chi connectivity index (χ3v) is 2.90. The zero-order valence-electron chi connectivity index (χ0n) is 11.2. The first-order valence-corrected chi connectivity index (χ1v) is 6.18. The summed E-state index contributed by atoms with van der Waals surface area (Å²) in [6.07, 6.45) is -2.99. The van der Waals surface area contributed by atoms with Gasteiger partial charge in [-0.3, -0.25) is 0 Å². The first kappa shape index (κ1) is 14.1. The maximum atomic E-state index is 13.9. The van der Waals surface area contributed by atoms with E-state index in [0.29, 0.717) is 6.61 Å². The highest BCUT2D eigenvalue weighted by Gasteiger charge is 2.47. The number of ether oxygens (including phenoxy) is 4. The van der Waals surface area contributed by atoms with Crippen molar-refractivity contribution in [3.63, 3.8) is 0 Å². The molecule has 6 heteroatoms. The molecule has 2 aliphatic rings. The molecule has 0 aromatic heterocycles. The SMILES string of the molecule is CC(C)(O)O[C@@H]1C[C@@H](F)[C@@H]([C@H]2COC(C)(C)O2)O1. The number of hydrogen-bond donors (Lipinski definition) is 1. The molecule has 0 aliphatic carbocycles. The summed E-state index contributed by atoms with van der Waals surface area (Å²) in [5, 5.41) is 9.52. The van der Waals surface area contributed by atoms with Crippen LogP contribution in [0.2, 0.25) is 0 Å².